The summed E-state index contributed by atoms with van der Waals surface area (Å²) in [5.41, 5.74) is 0.0747. The first-order chi connectivity index (χ1) is 13.3. The van der Waals surface area contributed by atoms with E-state index in [1.165, 1.54) is 0 Å². The molecule has 0 radical (unpaired) electrons. The zero-order valence-corrected chi connectivity index (χ0v) is 17.3. The first-order valence-corrected chi connectivity index (χ1v) is 11.1. The van der Waals surface area contributed by atoms with Crippen molar-refractivity contribution in [3.63, 3.8) is 0 Å². The number of carboxylic acids is 1. The van der Waals surface area contributed by atoms with Crippen molar-refractivity contribution in [1.29, 1.82) is 0 Å². The second-order valence-electron chi connectivity index (χ2n) is 10.0. The molecule has 0 spiro atoms. The molecule has 8 atom stereocenters. The molecule has 3 aliphatic rings. The molecule has 0 amide bonds. The average Bonchev–Trinajstić information content (AvgIpc) is 3.02. The molecule has 0 aromatic rings. The first-order valence-electron chi connectivity index (χ1n) is 11.1. The van der Waals surface area contributed by atoms with Gasteiger partial charge in [0.05, 0.1) is 0 Å². The van der Waals surface area contributed by atoms with Crippen molar-refractivity contribution in [3.8, 4) is 0 Å². The van der Waals surface area contributed by atoms with Gasteiger partial charge in [0.25, 0.3) is 0 Å². The maximum Gasteiger partial charge on any atom is 0.303 e. The van der Waals surface area contributed by atoms with E-state index in [1.54, 1.807) is 0 Å². The van der Waals surface area contributed by atoms with Crippen molar-refractivity contribution in [1.82, 2.24) is 0 Å². The number of carbonyl (C=O) groups is 3. The number of hydrogen-bond acceptors (Lipinski definition) is 4. The number of aldehydes is 1. The van der Waals surface area contributed by atoms with Gasteiger partial charge in [0, 0.05) is 31.3 Å². The highest BCUT2D eigenvalue weighted by Gasteiger charge is 2.56. The molecule has 0 bridgehead atoms. The third-order valence-corrected chi connectivity index (χ3v) is 8.68. The average molecular weight is 393 g/mol. The fourth-order valence-electron chi connectivity index (χ4n) is 7.14. The van der Waals surface area contributed by atoms with Crippen LogP contribution in [0.25, 0.3) is 0 Å². The van der Waals surface area contributed by atoms with E-state index in [-0.39, 0.29) is 47.9 Å². The maximum atomic E-state index is 12.7. The Balaban J connectivity index is 1.73. The number of Topliss-reactive ketones (excluding diaryl/α,β-unsaturated/α-hetero) is 1. The Morgan fingerprint density at radius 3 is 2.61 bits per heavy atom. The molecule has 0 aliphatic heterocycles. The van der Waals surface area contributed by atoms with Gasteiger partial charge in [0.2, 0.25) is 0 Å². The summed E-state index contributed by atoms with van der Waals surface area (Å²) >= 11 is 0. The quantitative estimate of drug-likeness (QED) is 0.644. The molecule has 3 fully saturated rings. The number of aliphatic hydroxyl groups is 1. The highest BCUT2D eigenvalue weighted by atomic mass is 16.4. The lowest BCUT2D eigenvalue weighted by Crippen LogP contribution is -2.47. The molecule has 3 rings (SSSR count). The zero-order valence-electron chi connectivity index (χ0n) is 17.3. The van der Waals surface area contributed by atoms with Gasteiger partial charge in [0.1, 0.15) is 12.1 Å². The molecule has 5 heteroatoms. The van der Waals surface area contributed by atoms with Crippen LogP contribution in [0.15, 0.2) is 0 Å². The van der Waals surface area contributed by atoms with E-state index >= 15 is 0 Å². The van der Waals surface area contributed by atoms with E-state index in [0.29, 0.717) is 30.6 Å². The van der Waals surface area contributed by atoms with E-state index in [1.807, 2.05) is 0 Å². The van der Waals surface area contributed by atoms with E-state index in [9.17, 15) is 19.5 Å². The summed E-state index contributed by atoms with van der Waals surface area (Å²) in [6, 6.07) is 0. The summed E-state index contributed by atoms with van der Waals surface area (Å²) in [7, 11) is 0. The molecule has 0 saturated heterocycles. The Bertz CT molecular complexity index is 602. The standard InChI is InChI=1S/C23H36O5/c1-14(3-8-22(27)28)19-6-7-20-18(13-25)16(9-10-23(19,20)2)17-5-4-15(12-24)11-21(17)26/h13-20,24H,3-12H2,1-2H3,(H,27,28). The topological polar surface area (TPSA) is 91.7 Å². The van der Waals surface area contributed by atoms with Crippen LogP contribution >= 0.6 is 0 Å². The summed E-state index contributed by atoms with van der Waals surface area (Å²) in [6.07, 6.45) is 8.20. The number of aliphatic hydroxyl groups excluding tert-OH is 1. The van der Waals surface area contributed by atoms with Gasteiger partial charge in [-0.05, 0) is 80.0 Å². The molecule has 28 heavy (non-hydrogen) atoms. The molecule has 2 N–H and O–H groups in total. The summed E-state index contributed by atoms with van der Waals surface area (Å²) in [5.74, 6) is 0.783. The first kappa shape index (κ1) is 21.5. The van der Waals surface area contributed by atoms with Crippen LogP contribution in [0.3, 0.4) is 0 Å². The summed E-state index contributed by atoms with van der Waals surface area (Å²) in [5, 5.41) is 18.4. The number of carbonyl (C=O) groups excluding carboxylic acids is 2. The predicted octanol–water partition coefficient (Wildman–Crippen LogP) is 3.72. The molecule has 5 nitrogen and oxygen atoms in total. The lowest BCUT2D eigenvalue weighted by Gasteiger charge is -2.50. The van der Waals surface area contributed by atoms with Gasteiger partial charge in [0.15, 0.2) is 0 Å². The van der Waals surface area contributed by atoms with Crippen LogP contribution in [0.4, 0.5) is 0 Å². The molecular weight excluding hydrogens is 356 g/mol. The van der Waals surface area contributed by atoms with Crippen molar-refractivity contribution >= 4 is 18.0 Å². The van der Waals surface area contributed by atoms with Gasteiger partial charge in [-0.25, -0.2) is 0 Å². The summed E-state index contributed by atoms with van der Waals surface area (Å²) in [6.45, 7) is 4.56. The van der Waals surface area contributed by atoms with Crippen LogP contribution in [-0.2, 0) is 14.4 Å². The molecule has 3 aliphatic carbocycles. The molecule has 3 saturated carbocycles. The van der Waals surface area contributed by atoms with Crippen LogP contribution in [0.5, 0.6) is 0 Å². The maximum absolute atomic E-state index is 12.7. The van der Waals surface area contributed by atoms with Crippen molar-refractivity contribution < 1.29 is 24.6 Å². The molecule has 0 heterocycles. The highest BCUT2D eigenvalue weighted by molar-refractivity contribution is 5.82. The third-order valence-electron chi connectivity index (χ3n) is 8.68. The van der Waals surface area contributed by atoms with E-state index in [2.05, 4.69) is 13.8 Å². The largest absolute Gasteiger partial charge is 0.481 e. The molecule has 8 unspecified atom stereocenters. The smallest absolute Gasteiger partial charge is 0.303 e. The number of hydrogen-bond donors (Lipinski definition) is 2. The van der Waals surface area contributed by atoms with Crippen LogP contribution in [0.2, 0.25) is 0 Å². The van der Waals surface area contributed by atoms with E-state index in [0.717, 1.165) is 44.8 Å². The number of carboxylic acid groups (broad SMARTS) is 1. The van der Waals surface area contributed by atoms with Crippen LogP contribution < -0.4 is 0 Å². The van der Waals surface area contributed by atoms with Crippen molar-refractivity contribution in [2.45, 2.75) is 71.6 Å². The monoisotopic (exact) mass is 392 g/mol. The Labute approximate surface area is 168 Å². The van der Waals surface area contributed by atoms with Crippen LogP contribution in [-0.4, -0.2) is 34.9 Å². The van der Waals surface area contributed by atoms with Gasteiger partial charge in [-0.1, -0.05) is 13.8 Å². The third kappa shape index (κ3) is 3.92. The minimum absolute atomic E-state index is 0.0222. The molecule has 0 aromatic heterocycles. The number of rotatable bonds is 7. The Hall–Kier alpha value is -1.23. The van der Waals surface area contributed by atoms with Gasteiger partial charge in [-0.3, -0.25) is 9.59 Å². The normalized spacial score (nSPS) is 42.0. The minimum Gasteiger partial charge on any atom is -0.481 e. The summed E-state index contributed by atoms with van der Waals surface area (Å²) < 4.78 is 0. The fraction of sp³-hybridized carbons (Fsp3) is 0.870. The van der Waals surface area contributed by atoms with Crippen LogP contribution in [0.1, 0.15) is 71.6 Å². The molecule has 0 aromatic carbocycles. The Kier molecular flexibility index (Phi) is 6.63. The molecule has 158 valence electrons. The highest BCUT2D eigenvalue weighted by Crippen LogP contribution is 2.62. The van der Waals surface area contributed by atoms with Crippen molar-refractivity contribution in [2.75, 3.05) is 6.61 Å². The molecular formula is C23H36O5. The minimum atomic E-state index is -0.738. The van der Waals surface area contributed by atoms with Crippen molar-refractivity contribution in [2.24, 2.45) is 46.8 Å². The van der Waals surface area contributed by atoms with E-state index in [4.69, 9.17) is 5.11 Å². The summed E-state index contributed by atoms with van der Waals surface area (Å²) in [4.78, 5) is 35.9. The predicted molar refractivity (Wildman–Crippen MR) is 106 cm³/mol. The van der Waals surface area contributed by atoms with Gasteiger partial charge in [-0.15, -0.1) is 0 Å². The number of ketones is 1. The second kappa shape index (κ2) is 8.64. The number of aliphatic carboxylic acids is 1. The van der Waals surface area contributed by atoms with Crippen LogP contribution in [0, 0.1) is 46.8 Å². The van der Waals surface area contributed by atoms with Crippen molar-refractivity contribution in [3.05, 3.63) is 0 Å². The van der Waals surface area contributed by atoms with E-state index < -0.39 is 5.97 Å². The lowest BCUT2D eigenvalue weighted by molar-refractivity contribution is -0.137. The van der Waals surface area contributed by atoms with Gasteiger partial charge in [-0.2, -0.15) is 0 Å². The lowest BCUT2D eigenvalue weighted by atomic mass is 9.53. The Morgan fingerprint density at radius 2 is 2.00 bits per heavy atom. The van der Waals surface area contributed by atoms with Gasteiger partial charge < -0.3 is 15.0 Å². The second-order valence-corrected chi connectivity index (χ2v) is 10.0. The zero-order chi connectivity index (χ0) is 20.5. The Morgan fingerprint density at radius 1 is 1.25 bits per heavy atom. The number of fused-ring (bicyclic) bond motifs is 1. The fourth-order valence-corrected chi connectivity index (χ4v) is 7.14. The van der Waals surface area contributed by atoms with Gasteiger partial charge >= 0.3 is 5.97 Å². The SMILES string of the molecule is CC(CCC(=O)O)C1CCC2C(C=O)C(C3CCC(CO)CC3=O)CCC12C.